The molecule has 0 saturated heterocycles. The number of hydrogen-bond acceptors (Lipinski definition) is 2. The molecular formula is C31H18F10O2. The van der Waals surface area contributed by atoms with Crippen molar-refractivity contribution in [2.45, 2.75) is 25.9 Å². The number of alkyl halides is 2. The van der Waals surface area contributed by atoms with Gasteiger partial charge in [0.2, 0.25) is 0 Å². The monoisotopic (exact) mass is 612 g/mol. The fourth-order valence-corrected chi connectivity index (χ4v) is 3.87. The molecule has 4 aromatic carbocycles. The first kappa shape index (κ1) is 31.3. The minimum Gasteiger partial charge on any atom is -0.493 e. The van der Waals surface area contributed by atoms with Gasteiger partial charge in [0.05, 0.1) is 17.7 Å². The van der Waals surface area contributed by atoms with Crippen molar-refractivity contribution in [1.82, 2.24) is 0 Å². The van der Waals surface area contributed by atoms with Crippen LogP contribution >= 0.6 is 0 Å². The molecule has 0 heterocycles. The predicted octanol–water partition coefficient (Wildman–Crippen LogP) is 9.17. The summed E-state index contributed by atoms with van der Waals surface area (Å²) in [6, 6.07) is 5.26. The van der Waals surface area contributed by atoms with Gasteiger partial charge in [-0.1, -0.05) is 25.2 Å². The molecule has 0 aliphatic heterocycles. The average molecular weight is 612 g/mol. The third-order valence-electron chi connectivity index (χ3n) is 5.92. The molecule has 0 aromatic heterocycles. The molecule has 4 aromatic rings. The first-order valence-electron chi connectivity index (χ1n) is 12.5. The molecule has 0 aliphatic rings. The number of unbranched alkanes of at least 4 members (excludes halogenated alkanes) is 1. The number of hydrogen-bond donors (Lipinski definition) is 0. The lowest BCUT2D eigenvalue weighted by molar-refractivity contribution is -0.189. The average Bonchev–Trinajstić information content (AvgIpc) is 2.90. The molecule has 0 unspecified atom stereocenters. The Morgan fingerprint density at radius 3 is 1.79 bits per heavy atom. The molecule has 224 valence electrons. The fraction of sp³-hybridized carbons (Fsp3) is 0.161. The number of benzene rings is 4. The summed E-state index contributed by atoms with van der Waals surface area (Å²) in [6.45, 7) is 2.04. The molecule has 0 atom stereocenters. The molecule has 0 fully saturated rings. The molecule has 0 bridgehead atoms. The zero-order chi connectivity index (χ0) is 31.5. The first-order chi connectivity index (χ1) is 20.3. The quantitative estimate of drug-likeness (QED) is 0.0855. The van der Waals surface area contributed by atoms with E-state index in [1.165, 1.54) is 0 Å². The van der Waals surface area contributed by atoms with Crippen molar-refractivity contribution in [3.05, 3.63) is 118 Å². The van der Waals surface area contributed by atoms with Crippen LogP contribution in [0.2, 0.25) is 0 Å². The predicted molar refractivity (Wildman–Crippen MR) is 135 cm³/mol. The van der Waals surface area contributed by atoms with Gasteiger partial charge in [0.1, 0.15) is 46.1 Å². The number of ether oxygens (including phenoxy) is 2. The highest BCUT2D eigenvalue weighted by Crippen LogP contribution is 2.38. The largest absolute Gasteiger partial charge is 0.493 e. The van der Waals surface area contributed by atoms with Crippen LogP contribution < -0.4 is 9.47 Å². The second-order valence-electron chi connectivity index (χ2n) is 9.04. The number of halogens is 10. The van der Waals surface area contributed by atoms with E-state index in [0.717, 1.165) is 30.7 Å². The van der Waals surface area contributed by atoms with E-state index in [1.807, 2.05) is 6.92 Å². The van der Waals surface area contributed by atoms with Crippen molar-refractivity contribution in [2.75, 3.05) is 6.61 Å². The molecule has 2 nitrogen and oxygen atoms in total. The standard InChI is InChI=1S/C31H18F10O2/c1-2-3-8-42-20-14-22(33)28(23(34)15-20)18-11-24(35)29(25(36)12-18)31(40,41)43-19-7-6-17(21(32)13-19)5-4-16-9-26(37)30(39)27(38)10-16/h6-7,9-15H,2-3,8H2,1H3. The summed E-state index contributed by atoms with van der Waals surface area (Å²) in [7, 11) is 0. The topological polar surface area (TPSA) is 18.5 Å². The lowest BCUT2D eigenvalue weighted by Gasteiger charge is -2.20. The zero-order valence-corrected chi connectivity index (χ0v) is 21.9. The Morgan fingerprint density at radius 2 is 1.23 bits per heavy atom. The normalized spacial score (nSPS) is 11.2. The van der Waals surface area contributed by atoms with E-state index in [-0.39, 0.29) is 30.1 Å². The summed E-state index contributed by atoms with van der Waals surface area (Å²) in [5.74, 6) is -9.12. The highest BCUT2D eigenvalue weighted by Gasteiger charge is 2.41. The summed E-state index contributed by atoms with van der Waals surface area (Å²) in [4.78, 5) is 0. The highest BCUT2D eigenvalue weighted by molar-refractivity contribution is 5.66. The van der Waals surface area contributed by atoms with Gasteiger partial charge in [-0.25, -0.2) is 35.1 Å². The van der Waals surface area contributed by atoms with Gasteiger partial charge in [0, 0.05) is 23.8 Å². The Morgan fingerprint density at radius 1 is 0.651 bits per heavy atom. The van der Waals surface area contributed by atoms with Crippen LogP contribution in [0, 0.1) is 58.4 Å². The lowest BCUT2D eigenvalue weighted by Crippen LogP contribution is -2.25. The van der Waals surface area contributed by atoms with Crippen molar-refractivity contribution in [2.24, 2.45) is 0 Å². The van der Waals surface area contributed by atoms with E-state index in [9.17, 15) is 43.9 Å². The van der Waals surface area contributed by atoms with Crippen molar-refractivity contribution >= 4 is 0 Å². The third-order valence-corrected chi connectivity index (χ3v) is 5.92. The van der Waals surface area contributed by atoms with E-state index in [2.05, 4.69) is 16.6 Å². The molecule has 43 heavy (non-hydrogen) atoms. The van der Waals surface area contributed by atoms with Gasteiger partial charge in [-0.05, 0) is 48.4 Å². The zero-order valence-electron chi connectivity index (χ0n) is 21.9. The van der Waals surface area contributed by atoms with Crippen LogP contribution in [0.1, 0.15) is 36.5 Å². The van der Waals surface area contributed by atoms with Gasteiger partial charge >= 0.3 is 6.11 Å². The summed E-state index contributed by atoms with van der Waals surface area (Å²) in [6.07, 6.45) is -3.38. The number of rotatable bonds is 8. The van der Waals surface area contributed by atoms with Crippen LogP contribution in [0.5, 0.6) is 11.5 Å². The summed E-state index contributed by atoms with van der Waals surface area (Å²) in [5.41, 5.74) is -4.33. The SMILES string of the molecule is CCCCOc1cc(F)c(-c2cc(F)c(C(F)(F)Oc3ccc(C#Cc4cc(F)c(F)c(F)c4)c(F)c3)c(F)c2)c(F)c1. The molecule has 12 heteroatoms. The maximum atomic E-state index is 14.8. The maximum absolute atomic E-state index is 14.8. The van der Waals surface area contributed by atoms with Crippen molar-refractivity contribution in [1.29, 1.82) is 0 Å². The van der Waals surface area contributed by atoms with E-state index >= 15 is 0 Å². The van der Waals surface area contributed by atoms with Crippen LogP contribution in [0.15, 0.2) is 54.6 Å². The first-order valence-corrected chi connectivity index (χ1v) is 12.5. The molecule has 0 radical (unpaired) electrons. The summed E-state index contributed by atoms with van der Waals surface area (Å²) < 4.78 is 152. The van der Waals surface area contributed by atoms with Crippen LogP contribution in [-0.4, -0.2) is 6.61 Å². The van der Waals surface area contributed by atoms with E-state index in [4.69, 9.17) is 4.74 Å². The Labute approximate surface area is 238 Å². The van der Waals surface area contributed by atoms with Crippen molar-refractivity contribution in [3.63, 3.8) is 0 Å². The van der Waals surface area contributed by atoms with E-state index in [0.29, 0.717) is 24.6 Å². The summed E-state index contributed by atoms with van der Waals surface area (Å²) >= 11 is 0. The van der Waals surface area contributed by atoms with Crippen LogP contribution in [0.25, 0.3) is 11.1 Å². The molecule has 0 N–H and O–H groups in total. The second-order valence-corrected chi connectivity index (χ2v) is 9.04. The van der Waals surface area contributed by atoms with Gasteiger partial charge in [-0.15, -0.1) is 0 Å². The molecule has 0 saturated carbocycles. The van der Waals surface area contributed by atoms with Crippen LogP contribution in [0.4, 0.5) is 43.9 Å². The molecule has 0 amide bonds. The van der Waals surface area contributed by atoms with Gasteiger partial charge in [0.25, 0.3) is 0 Å². The van der Waals surface area contributed by atoms with E-state index in [1.54, 1.807) is 0 Å². The highest BCUT2D eigenvalue weighted by atomic mass is 19.3. The van der Waals surface area contributed by atoms with Crippen molar-refractivity contribution < 1.29 is 53.4 Å². The van der Waals surface area contributed by atoms with Gasteiger partial charge < -0.3 is 9.47 Å². The Balaban J connectivity index is 1.57. The Bertz CT molecular complexity index is 1670. The third kappa shape index (κ3) is 7.05. The Hall–Kier alpha value is -4.66. The minimum absolute atomic E-state index is 0.167. The fourth-order valence-electron chi connectivity index (χ4n) is 3.87. The molecule has 0 aliphatic carbocycles. The summed E-state index contributed by atoms with van der Waals surface area (Å²) in [5, 5.41) is 0. The lowest BCUT2D eigenvalue weighted by atomic mass is 10.0. The molecule has 0 spiro atoms. The minimum atomic E-state index is -4.73. The van der Waals surface area contributed by atoms with Crippen LogP contribution in [0.3, 0.4) is 0 Å². The van der Waals surface area contributed by atoms with Crippen LogP contribution in [-0.2, 0) is 6.11 Å². The molecule has 4 rings (SSSR count). The Kier molecular flexibility index (Phi) is 9.23. The van der Waals surface area contributed by atoms with Crippen molar-refractivity contribution in [3.8, 4) is 34.5 Å². The van der Waals surface area contributed by atoms with E-state index < -0.39 is 80.6 Å². The second kappa shape index (κ2) is 12.7. The van der Waals surface area contributed by atoms with Gasteiger partial charge in [-0.3, -0.25) is 0 Å². The van der Waals surface area contributed by atoms with Gasteiger partial charge in [-0.2, -0.15) is 8.78 Å². The molecular weight excluding hydrogens is 594 g/mol. The van der Waals surface area contributed by atoms with Gasteiger partial charge in [0.15, 0.2) is 17.5 Å². The smallest absolute Gasteiger partial charge is 0.432 e. The maximum Gasteiger partial charge on any atom is 0.432 e.